The quantitative estimate of drug-likeness (QED) is 0.778. The van der Waals surface area contributed by atoms with Crippen LogP contribution in [-0.4, -0.2) is 55.0 Å². The number of nitrogens with two attached hydrogens (primary N) is 1. The Morgan fingerprint density at radius 3 is 2.56 bits per heavy atom. The van der Waals surface area contributed by atoms with Crippen molar-refractivity contribution in [3.63, 3.8) is 0 Å². The summed E-state index contributed by atoms with van der Waals surface area (Å²) in [6, 6.07) is -0.0402. The molecule has 96 valence electrons. The molecule has 5 heteroatoms. The van der Waals surface area contributed by atoms with E-state index >= 15 is 0 Å². The van der Waals surface area contributed by atoms with Gasteiger partial charge in [0, 0.05) is 19.6 Å². The molecular formula is C11H24ClN3O. The van der Waals surface area contributed by atoms with Gasteiger partial charge in [-0.2, -0.15) is 0 Å². The zero-order chi connectivity index (χ0) is 11.6. The molecule has 1 saturated heterocycles. The summed E-state index contributed by atoms with van der Waals surface area (Å²) in [4.78, 5) is 15.9. The van der Waals surface area contributed by atoms with Gasteiger partial charge >= 0.3 is 0 Å². The molecule has 1 aliphatic rings. The molecule has 1 amide bonds. The Balaban J connectivity index is 0.00000225. The second-order valence-electron chi connectivity index (χ2n) is 4.83. The van der Waals surface area contributed by atoms with Gasteiger partial charge in [0.1, 0.15) is 0 Å². The number of carbonyl (C=O) groups excluding carboxylic acids is 1. The fraction of sp³-hybridized carbons (Fsp3) is 0.909. The first-order chi connectivity index (χ1) is 6.93. The number of likely N-dealkylation sites (tertiary alicyclic amines) is 1. The molecular weight excluding hydrogens is 226 g/mol. The molecule has 3 atom stereocenters. The van der Waals surface area contributed by atoms with Crippen LogP contribution in [0.4, 0.5) is 0 Å². The number of rotatable bonds is 2. The second kappa shape index (κ2) is 6.42. The third-order valence-electron chi connectivity index (χ3n) is 3.30. The highest BCUT2D eigenvalue weighted by molar-refractivity contribution is 5.85. The van der Waals surface area contributed by atoms with Crippen LogP contribution in [0.2, 0.25) is 0 Å². The maximum absolute atomic E-state index is 11.8. The van der Waals surface area contributed by atoms with E-state index in [1.54, 1.807) is 6.92 Å². The molecule has 1 fully saturated rings. The lowest BCUT2D eigenvalue weighted by Crippen LogP contribution is -2.52. The highest BCUT2D eigenvalue weighted by Gasteiger charge is 2.30. The molecule has 0 spiro atoms. The van der Waals surface area contributed by atoms with Gasteiger partial charge in [0.05, 0.1) is 6.04 Å². The van der Waals surface area contributed by atoms with Crippen LogP contribution in [0.15, 0.2) is 0 Å². The molecule has 0 saturated carbocycles. The van der Waals surface area contributed by atoms with Crippen molar-refractivity contribution in [1.29, 1.82) is 0 Å². The fourth-order valence-electron chi connectivity index (χ4n) is 2.40. The van der Waals surface area contributed by atoms with Gasteiger partial charge < -0.3 is 15.5 Å². The predicted octanol–water partition coefficient (Wildman–Crippen LogP) is 0.554. The lowest BCUT2D eigenvalue weighted by molar-refractivity contribution is -0.134. The number of halogens is 1. The minimum Gasteiger partial charge on any atom is -0.341 e. The Labute approximate surface area is 105 Å². The molecule has 16 heavy (non-hydrogen) atoms. The first kappa shape index (κ1) is 15.7. The SMILES string of the molecule is CC(N)C(=O)N(C)C1CCN(C)CC1C.Cl. The number of hydrogen-bond donors (Lipinski definition) is 1. The van der Waals surface area contributed by atoms with Crippen LogP contribution in [0.5, 0.6) is 0 Å². The molecule has 4 nitrogen and oxygen atoms in total. The van der Waals surface area contributed by atoms with Crippen molar-refractivity contribution in [3.05, 3.63) is 0 Å². The van der Waals surface area contributed by atoms with Crippen molar-refractivity contribution in [2.75, 3.05) is 27.2 Å². The van der Waals surface area contributed by atoms with Gasteiger partial charge in [0.25, 0.3) is 0 Å². The van der Waals surface area contributed by atoms with E-state index in [2.05, 4.69) is 18.9 Å². The first-order valence-corrected chi connectivity index (χ1v) is 5.64. The Hall–Kier alpha value is -0.320. The smallest absolute Gasteiger partial charge is 0.239 e. The maximum Gasteiger partial charge on any atom is 0.239 e. The number of piperidine rings is 1. The van der Waals surface area contributed by atoms with E-state index in [-0.39, 0.29) is 24.4 Å². The zero-order valence-electron chi connectivity index (χ0n) is 10.6. The van der Waals surface area contributed by atoms with Gasteiger partial charge in [-0.05, 0) is 32.9 Å². The number of likely N-dealkylation sites (N-methyl/N-ethyl adjacent to an activating group) is 1. The van der Waals surface area contributed by atoms with Crippen LogP contribution >= 0.6 is 12.4 Å². The third kappa shape index (κ3) is 3.61. The number of nitrogens with zero attached hydrogens (tertiary/aromatic N) is 2. The standard InChI is InChI=1S/C11H23N3O.ClH/c1-8-7-13(3)6-5-10(8)14(4)11(15)9(2)12;/h8-10H,5-7,12H2,1-4H3;1H. The van der Waals surface area contributed by atoms with Crippen molar-refractivity contribution in [2.45, 2.75) is 32.4 Å². The lowest BCUT2D eigenvalue weighted by Gasteiger charge is -2.40. The molecule has 1 heterocycles. The van der Waals surface area contributed by atoms with E-state index in [0.29, 0.717) is 12.0 Å². The Morgan fingerprint density at radius 1 is 1.56 bits per heavy atom. The maximum atomic E-state index is 11.8. The highest BCUT2D eigenvalue weighted by atomic mass is 35.5. The van der Waals surface area contributed by atoms with Gasteiger partial charge in [-0.1, -0.05) is 6.92 Å². The monoisotopic (exact) mass is 249 g/mol. The predicted molar refractivity (Wildman–Crippen MR) is 68.7 cm³/mol. The Bertz CT molecular complexity index is 235. The van der Waals surface area contributed by atoms with E-state index in [0.717, 1.165) is 19.5 Å². The van der Waals surface area contributed by atoms with Crippen molar-refractivity contribution < 1.29 is 4.79 Å². The number of hydrogen-bond acceptors (Lipinski definition) is 3. The molecule has 0 aromatic heterocycles. The zero-order valence-corrected chi connectivity index (χ0v) is 11.5. The normalized spacial score (nSPS) is 28.1. The summed E-state index contributed by atoms with van der Waals surface area (Å²) in [5.41, 5.74) is 5.61. The van der Waals surface area contributed by atoms with Crippen molar-refractivity contribution in [2.24, 2.45) is 11.7 Å². The van der Waals surface area contributed by atoms with Crippen LogP contribution in [-0.2, 0) is 4.79 Å². The van der Waals surface area contributed by atoms with Gasteiger partial charge in [-0.3, -0.25) is 4.79 Å². The molecule has 3 unspecified atom stereocenters. The topological polar surface area (TPSA) is 49.6 Å². The number of carbonyl (C=O) groups is 1. The van der Waals surface area contributed by atoms with Crippen LogP contribution in [0.25, 0.3) is 0 Å². The van der Waals surface area contributed by atoms with E-state index in [4.69, 9.17) is 5.73 Å². The summed E-state index contributed by atoms with van der Waals surface area (Å²) in [6.45, 7) is 6.07. The van der Waals surface area contributed by atoms with Crippen LogP contribution < -0.4 is 5.73 Å². The average Bonchev–Trinajstić information content (AvgIpc) is 2.15. The summed E-state index contributed by atoms with van der Waals surface area (Å²) >= 11 is 0. The van der Waals surface area contributed by atoms with E-state index in [9.17, 15) is 4.79 Å². The van der Waals surface area contributed by atoms with Gasteiger partial charge in [-0.15, -0.1) is 12.4 Å². The van der Waals surface area contributed by atoms with Gasteiger partial charge in [-0.25, -0.2) is 0 Å². The van der Waals surface area contributed by atoms with Crippen molar-refractivity contribution >= 4 is 18.3 Å². The summed E-state index contributed by atoms with van der Waals surface area (Å²) in [5.74, 6) is 0.577. The molecule has 0 aromatic rings. The largest absolute Gasteiger partial charge is 0.341 e. The molecule has 0 aromatic carbocycles. The molecule has 0 radical (unpaired) electrons. The fourth-order valence-corrected chi connectivity index (χ4v) is 2.40. The summed E-state index contributed by atoms with van der Waals surface area (Å²) in [7, 11) is 4.00. The molecule has 1 rings (SSSR count). The van der Waals surface area contributed by atoms with Crippen LogP contribution in [0.1, 0.15) is 20.3 Å². The van der Waals surface area contributed by atoms with Crippen LogP contribution in [0, 0.1) is 5.92 Å². The van der Waals surface area contributed by atoms with Crippen molar-refractivity contribution in [1.82, 2.24) is 9.80 Å². The van der Waals surface area contributed by atoms with E-state index in [1.807, 2.05) is 11.9 Å². The minimum atomic E-state index is -0.387. The van der Waals surface area contributed by atoms with E-state index < -0.39 is 0 Å². The Kier molecular flexibility index (Phi) is 6.30. The summed E-state index contributed by atoms with van der Waals surface area (Å²) in [6.07, 6.45) is 1.05. The summed E-state index contributed by atoms with van der Waals surface area (Å²) in [5, 5.41) is 0. The molecule has 2 N–H and O–H groups in total. The summed E-state index contributed by atoms with van der Waals surface area (Å²) < 4.78 is 0. The van der Waals surface area contributed by atoms with Crippen molar-refractivity contribution in [3.8, 4) is 0 Å². The van der Waals surface area contributed by atoms with E-state index in [1.165, 1.54) is 0 Å². The molecule has 0 bridgehead atoms. The average molecular weight is 250 g/mol. The van der Waals surface area contributed by atoms with Gasteiger partial charge in [0.15, 0.2) is 0 Å². The first-order valence-electron chi connectivity index (χ1n) is 5.64. The number of amides is 1. The molecule has 0 aliphatic carbocycles. The minimum absolute atomic E-state index is 0. The van der Waals surface area contributed by atoms with Gasteiger partial charge in [0.2, 0.25) is 5.91 Å². The van der Waals surface area contributed by atoms with Crippen LogP contribution in [0.3, 0.4) is 0 Å². The Morgan fingerprint density at radius 2 is 2.12 bits per heavy atom. The third-order valence-corrected chi connectivity index (χ3v) is 3.30. The lowest BCUT2D eigenvalue weighted by atomic mass is 9.92. The highest BCUT2D eigenvalue weighted by Crippen LogP contribution is 2.20. The molecule has 1 aliphatic heterocycles. The second-order valence-corrected chi connectivity index (χ2v) is 4.83.